The average Bonchev–Trinajstić information content (AvgIpc) is 2.89. The SMILES string of the molecule is COc1ccc2ncc(Cl)c(CCCC3(C(=O)O)CCN(CCCSc4ccc(Cl)cc4)CC3)c2c1. The van der Waals surface area contributed by atoms with E-state index < -0.39 is 11.4 Å². The van der Waals surface area contributed by atoms with Gasteiger partial charge in [0.15, 0.2) is 0 Å². The van der Waals surface area contributed by atoms with Crippen LogP contribution >= 0.6 is 35.0 Å². The molecule has 0 unspecified atom stereocenters. The summed E-state index contributed by atoms with van der Waals surface area (Å²) < 4.78 is 5.38. The number of aryl methyl sites for hydroxylation is 1. The number of fused-ring (bicyclic) bond motifs is 1. The average molecular weight is 548 g/mol. The van der Waals surface area contributed by atoms with Crippen molar-refractivity contribution in [2.24, 2.45) is 5.41 Å². The fourth-order valence-corrected chi connectivity index (χ4v) is 6.18. The summed E-state index contributed by atoms with van der Waals surface area (Å²) in [5.41, 5.74) is 1.21. The van der Waals surface area contributed by atoms with Crippen LogP contribution in [0.5, 0.6) is 5.75 Å². The molecule has 0 bridgehead atoms. The van der Waals surface area contributed by atoms with Gasteiger partial charge in [0.2, 0.25) is 0 Å². The molecule has 0 radical (unpaired) electrons. The Labute approximate surface area is 227 Å². The van der Waals surface area contributed by atoms with E-state index in [0.29, 0.717) is 30.7 Å². The van der Waals surface area contributed by atoms with Gasteiger partial charge in [0, 0.05) is 21.5 Å². The molecule has 3 aromatic rings. The third kappa shape index (κ3) is 6.65. The van der Waals surface area contributed by atoms with Gasteiger partial charge in [-0.1, -0.05) is 23.2 Å². The summed E-state index contributed by atoms with van der Waals surface area (Å²) in [7, 11) is 1.64. The molecule has 0 amide bonds. The third-order valence-electron chi connectivity index (χ3n) is 7.18. The molecule has 2 heterocycles. The van der Waals surface area contributed by atoms with Gasteiger partial charge in [0.1, 0.15) is 5.75 Å². The first-order chi connectivity index (χ1) is 17.4. The molecule has 0 spiro atoms. The predicted molar refractivity (Wildman–Crippen MR) is 149 cm³/mol. The van der Waals surface area contributed by atoms with Gasteiger partial charge < -0.3 is 14.7 Å². The fourth-order valence-electron chi connectivity index (χ4n) is 4.97. The maximum Gasteiger partial charge on any atom is 0.309 e. The number of halogens is 2. The number of ether oxygens (including phenoxy) is 1. The number of nitrogens with zero attached hydrogens (tertiary/aromatic N) is 2. The Kier molecular flexibility index (Phi) is 9.40. The van der Waals surface area contributed by atoms with Crippen LogP contribution in [-0.4, -0.2) is 53.5 Å². The van der Waals surface area contributed by atoms with Crippen molar-refractivity contribution in [2.75, 3.05) is 32.5 Å². The van der Waals surface area contributed by atoms with Crippen molar-refractivity contribution in [1.29, 1.82) is 0 Å². The smallest absolute Gasteiger partial charge is 0.309 e. The molecule has 2 aromatic carbocycles. The molecule has 1 aliphatic heterocycles. The molecule has 1 aliphatic rings. The van der Waals surface area contributed by atoms with Crippen molar-refractivity contribution in [3.05, 3.63) is 64.3 Å². The van der Waals surface area contributed by atoms with Crippen LogP contribution in [0.2, 0.25) is 10.0 Å². The van der Waals surface area contributed by atoms with Crippen LogP contribution in [0.4, 0.5) is 0 Å². The monoisotopic (exact) mass is 546 g/mol. The second-order valence-corrected chi connectivity index (χ2v) is 11.4. The predicted octanol–water partition coefficient (Wildman–Crippen LogP) is 7.22. The number of hydrogen-bond donors (Lipinski definition) is 1. The Hall–Kier alpha value is -1.99. The van der Waals surface area contributed by atoms with Crippen LogP contribution in [0, 0.1) is 5.41 Å². The van der Waals surface area contributed by atoms with Gasteiger partial charge in [-0.25, -0.2) is 0 Å². The Bertz CT molecular complexity index is 1180. The number of benzene rings is 2. The molecule has 5 nitrogen and oxygen atoms in total. The number of carboxylic acid groups (broad SMARTS) is 1. The van der Waals surface area contributed by atoms with Crippen LogP contribution in [0.3, 0.4) is 0 Å². The number of piperidine rings is 1. The Morgan fingerprint density at radius 1 is 1.14 bits per heavy atom. The van der Waals surface area contributed by atoms with Gasteiger partial charge in [-0.15, -0.1) is 11.8 Å². The lowest BCUT2D eigenvalue weighted by Crippen LogP contribution is -2.44. The summed E-state index contributed by atoms with van der Waals surface area (Å²) in [5.74, 6) is 1.12. The number of methoxy groups -OCH3 is 1. The van der Waals surface area contributed by atoms with Crippen molar-refractivity contribution >= 4 is 51.8 Å². The van der Waals surface area contributed by atoms with E-state index in [9.17, 15) is 9.90 Å². The van der Waals surface area contributed by atoms with Crippen molar-refractivity contribution in [3.63, 3.8) is 0 Å². The number of likely N-dealkylation sites (tertiary alicyclic amines) is 1. The van der Waals surface area contributed by atoms with Gasteiger partial charge >= 0.3 is 5.97 Å². The summed E-state index contributed by atoms with van der Waals surface area (Å²) in [6, 6.07) is 13.7. The molecule has 8 heteroatoms. The summed E-state index contributed by atoms with van der Waals surface area (Å²) >= 11 is 14.3. The number of carboxylic acids is 1. The van der Waals surface area contributed by atoms with E-state index in [1.807, 2.05) is 54.2 Å². The summed E-state index contributed by atoms with van der Waals surface area (Å²) in [4.78, 5) is 20.4. The van der Waals surface area contributed by atoms with E-state index in [-0.39, 0.29) is 0 Å². The maximum atomic E-state index is 12.3. The Balaban J connectivity index is 1.29. The highest BCUT2D eigenvalue weighted by Crippen LogP contribution is 2.38. The molecular formula is C28H32Cl2N2O3S. The molecule has 4 rings (SSSR count). The van der Waals surface area contributed by atoms with Gasteiger partial charge in [-0.3, -0.25) is 9.78 Å². The lowest BCUT2D eigenvalue weighted by atomic mass is 9.74. The minimum Gasteiger partial charge on any atom is -0.497 e. The Morgan fingerprint density at radius 2 is 1.89 bits per heavy atom. The second-order valence-electron chi connectivity index (χ2n) is 9.40. The highest BCUT2D eigenvalue weighted by Gasteiger charge is 2.40. The molecule has 0 atom stereocenters. The third-order valence-corrected chi connectivity index (χ3v) is 8.86. The number of carbonyl (C=O) groups is 1. The molecule has 1 saturated heterocycles. The van der Waals surface area contributed by atoms with Gasteiger partial charge in [0.25, 0.3) is 0 Å². The number of aromatic nitrogens is 1. The molecule has 1 aromatic heterocycles. The van der Waals surface area contributed by atoms with E-state index in [0.717, 1.165) is 65.5 Å². The van der Waals surface area contributed by atoms with Gasteiger partial charge in [0.05, 0.1) is 23.1 Å². The summed E-state index contributed by atoms with van der Waals surface area (Å²) in [6.45, 7) is 2.65. The number of pyridine rings is 1. The summed E-state index contributed by atoms with van der Waals surface area (Å²) in [6.07, 6.45) is 6.25. The van der Waals surface area contributed by atoms with Crippen LogP contribution in [-0.2, 0) is 11.2 Å². The van der Waals surface area contributed by atoms with Crippen LogP contribution in [0.25, 0.3) is 10.9 Å². The minimum absolute atomic E-state index is 0.617. The number of aliphatic carboxylic acids is 1. The van der Waals surface area contributed by atoms with Crippen LogP contribution in [0.15, 0.2) is 53.6 Å². The summed E-state index contributed by atoms with van der Waals surface area (Å²) in [5, 5.41) is 12.5. The van der Waals surface area contributed by atoms with Gasteiger partial charge in [-0.2, -0.15) is 0 Å². The fraction of sp³-hybridized carbons (Fsp3) is 0.429. The van der Waals surface area contributed by atoms with E-state index in [4.69, 9.17) is 27.9 Å². The molecule has 1 N–H and O–H groups in total. The van der Waals surface area contributed by atoms with Crippen molar-refractivity contribution in [1.82, 2.24) is 9.88 Å². The first-order valence-corrected chi connectivity index (χ1v) is 14.1. The number of hydrogen-bond acceptors (Lipinski definition) is 5. The quantitative estimate of drug-likeness (QED) is 0.202. The van der Waals surface area contributed by atoms with Gasteiger partial charge in [-0.05, 0) is 112 Å². The molecule has 1 fully saturated rings. The molecular weight excluding hydrogens is 515 g/mol. The zero-order valence-electron chi connectivity index (χ0n) is 20.5. The van der Waals surface area contributed by atoms with E-state index >= 15 is 0 Å². The molecule has 0 aliphatic carbocycles. The first-order valence-electron chi connectivity index (χ1n) is 12.4. The van der Waals surface area contributed by atoms with Crippen LogP contribution in [0.1, 0.15) is 37.7 Å². The minimum atomic E-state index is -0.673. The lowest BCUT2D eigenvalue weighted by molar-refractivity contribution is -0.152. The second kappa shape index (κ2) is 12.5. The largest absolute Gasteiger partial charge is 0.497 e. The Morgan fingerprint density at radius 3 is 2.58 bits per heavy atom. The van der Waals surface area contributed by atoms with Crippen LogP contribution < -0.4 is 4.74 Å². The maximum absolute atomic E-state index is 12.3. The highest BCUT2D eigenvalue weighted by molar-refractivity contribution is 7.99. The van der Waals surface area contributed by atoms with Crippen molar-refractivity contribution in [2.45, 2.75) is 43.4 Å². The number of rotatable bonds is 11. The standard InChI is InChI=1S/C28H32Cl2N2O3S/c1-35-21-7-10-26-24(18-21)23(25(30)19-31-26)4-2-11-28(27(33)34)12-15-32(16-13-28)14-3-17-36-22-8-5-20(29)6-9-22/h5-10,18-19H,2-4,11-17H2,1H3,(H,33,34). The topological polar surface area (TPSA) is 62.7 Å². The molecule has 192 valence electrons. The molecule has 36 heavy (non-hydrogen) atoms. The zero-order chi connectivity index (χ0) is 25.5. The van der Waals surface area contributed by atoms with E-state index in [1.54, 1.807) is 13.3 Å². The molecule has 0 saturated carbocycles. The van der Waals surface area contributed by atoms with E-state index in [2.05, 4.69) is 9.88 Å². The normalized spacial score (nSPS) is 15.8. The van der Waals surface area contributed by atoms with E-state index in [1.165, 1.54) is 4.90 Å². The first kappa shape index (κ1) is 27.1. The van der Waals surface area contributed by atoms with Crippen molar-refractivity contribution < 1.29 is 14.6 Å². The zero-order valence-corrected chi connectivity index (χ0v) is 22.8. The van der Waals surface area contributed by atoms with Crippen molar-refractivity contribution in [3.8, 4) is 5.75 Å². The lowest BCUT2D eigenvalue weighted by Gasteiger charge is -2.39. The highest BCUT2D eigenvalue weighted by atomic mass is 35.5. The number of thioether (sulfide) groups is 1.